The smallest absolute Gasteiger partial charge is 0.123 e. The maximum atomic E-state index is 5.87. The lowest BCUT2D eigenvalue weighted by Crippen LogP contribution is -2.16. The Bertz CT molecular complexity index is 382. The van der Waals surface area contributed by atoms with Gasteiger partial charge in [0.1, 0.15) is 5.75 Å². The number of rotatable bonds is 8. The van der Waals surface area contributed by atoms with Gasteiger partial charge in [-0.1, -0.05) is 15.9 Å². The lowest BCUT2D eigenvalue weighted by Gasteiger charge is -2.12. The summed E-state index contributed by atoms with van der Waals surface area (Å²) in [6.07, 6.45) is 5.87. The molecule has 1 saturated carbocycles. The van der Waals surface area contributed by atoms with Crippen LogP contribution in [0.5, 0.6) is 5.75 Å². The Morgan fingerprint density at radius 3 is 3.00 bits per heavy atom. The van der Waals surface area contributed by atoms with E-state index in [0.717, 1.165) is 41.6 Å². The minimum atomic E-state index is 0.730. The lowest BCUT2D eigenvalue weighted by atomic mass is 10.2. The van der Waals surface area contributed by atoms with Gasteiger partial charge in [-0.05, 0) is 49.5 Å². The van der Waals surface area contributed by atoms with Gasteiger partial charge >= 0.3 is 0 Å². The van der Waals surface area contributed by atoms with E-state index in [1.54, 1.807) is 0 Å². The van der Waals surface area contributed by atoms with Gasteiger partial charge < -0.3 is 10.1 Å². The molecule has 1 aliphatic rings. The maximum absolute atomic E-state index is 5.87. The molecule has 1 fully saturated rings. The molecule has 0 amide bonds. The number of hydrogen-bond acceptors (Lipinski definition) is 3. The van der Waals surface area contributed by atoms with Crippen molar-refractivity contribution in [3.63, 3.8) is 0 Å². The van der Waals surface area contributed by atoms with Crippen molar-refractivity contribution in [1.82, 2.24) is 5.32 Å². The summed E-state index contributed by atoms with van der Waals surface area (Å²) in [7, 11) is 0. The molecule has 100 valence electrons. The van der Waals surface area contributed by atoms with Crippen LogP contribution in [0.1, 0.15) is 24.8 Å². The quantitative estimate of drug-likeness (QED) is 0.732. The predicted molar refractivity (Wildman–Crippen MR) is 82.5 cm³/mol. The zero-order valence-corrected chi connectivity index (χ0v) is 13.1. The lowest BCUT2D eigenvalue weighted by molar-refractivity contribution is 0.314. The van der Waals surface area contributed by atoms with Gasteiger partial charge in [-0.2, -0.15) is 11.8 Å². The Balaban J connectivity index is 1.88. The molecule has 0 unspecified atom stereocenters. The second-order valence-electron chi connectivity index (χ2n) is 4.60. The fraction of sp³-hybridized carbons (Fsp3) is 0.571. The topological polar surface area (TPSA) is 21.3 Å². The van der Waals surface area contributed by atoms with Gasteiger partial charge in [-0.3, -0.25) is 0 Å². The summed E-state index contributed by atoms with van der Waals surface area (Å²) in [6, 6.07) is 6.99. The van der Waals surface area contributed by atoms with E-state index in [1.807, 2.05) is 17.8 Å². The zero-order valence-electron chi connectivity index (χ0n) is 10.7. The number of benzene rings is 1. The highest BCUT2D eigenvalue weighted by Gasteiger charge is 2.20. The van der Waals surface area contributed by atoms with E-state index in [-0.39, 0.29) is 0 Å². The van der Waals surface area contributed by atoms with Crippen LogP contribution >= 0.6 is 27.7 Å². The van der Waals surface area contributed by atoms with Crippen LogP contribution in [0.15, 0.2) is 22.7 Å². The molecular formula is C14H20BrNOS. The van der Waals surface area contributed by atoms with Gasteiger partial charge in [0.25, 0.3) is 0 Å². The molecule has 0 saturated heterocycles. The van der Waals surface area contributed by atoms with Crippen molar-refractivity contribution in [2.24, 2.45) is 0 Å². The van der Waals surface area contributed by atoms with Crippen molar-refractivity contribution in [2.75, 3.05) is 18.6 Å². The molecule has 1 aromatic rings. The van der Waals surface area contributed by atoms with Gasteiger partial charge in [0.2, 0.25) is 0 Å². The molecular weight excluding hydrogens is 310 g/mol. The van der Waals surface area contributed by atoms with Gasteiger partial charge in [-0.15, -0.1) is 0 Å². The summed E-state index contributed by atoms with van der Waals surface area (Å²) in [5.74, 6) is 2.18. The van der Waals surface area contributed by atoms with E-state index in [9.17, 15) is 0 Å². The van der Waals surface area contributed by atoms with Gasteiger partial charge in [-0.25, -0.2) is 0 Å². The Hall–Kier alpha value is -0.190. The number of thioether (sulfide) groups is 1. The van der Waals surface area contributed by atoms with Crippen LogP contribution in [0, 0.1) is 0 Å². The van der Waals surface area contributed by atoms with Gasteiger partial charge in [0.15, 0.2) is 0 Å². The molecule has 2 rings (SSSR count). The molecule has 0 spiro atoms. The molecule has 0 bridgehead atoms. The molecule has 0 atom stereocenters. The van der Waals surface area contributed by atoms with Crippen LogP contribution < -0.4 is 10.1 Å². The van der Waals surface area contributed by atoms with E-state index in [1.165, 1.54) is 18.4 Å². The Kier molecular flexibility index (Phi) is 5.86. The molecule has 0 heterocycles. The van der Waals surface area contributed by atoms with E-state index in [4.69, 9.17) is 4.74 Å². The summed E-state index contributed by atoms with van der Waals surface area (Å²) in [4.78, 5) is 0. The van der Waals surface area contributed by atoms with Crippen LogP contribution in [0.2, 0.25) is 0 Å². The standard InChI is InChI=1S/C14H20BrNOS/c1-18-8-2-7-17-14-6-3-12(15)9-11(14)10-16-13-4-5-13/h3,6,9,13,16H,2,4-5,7-8,10H2,1H3. The first-order valence-electron chi connectivity index (χ1n) is 6.43. The minimum absolute atomic E-state index is 0.730. The Morgan fingerprint density at radius 2 is 2.28 bits per heavy atom. The van der Waals surface area contributed by atoms with Crippen LogP contribution in [0.25, 0.3) is 0 Å². The number of nitrogens with one attached hydrogen (secondary N) is 1. The molecule has 0 aromatic heterocycles. The van der Waals surface area contributed by atoms with Crippen molar-refractivity contribution >= 4 is 27.7 Å². The van der Waals surface area contributed by atoms with Crippen LogP contribution in [0.4, 0.5) is 0 Å². The van der Waals surface area contributed by atoms with E-state index >= 15 is 0 Å². The first-order valence-corrected chi connectivity index (χ1v) is 8.62. The molecule has 4 heteroatoms. The average molecular weight is 330 g/mol. The maximum Gasteiger partial charge on any atom is 0.123 e. The summed E-state index contributed by atoms with van der Waals surface area (Å²) in [5.41, 5.74) is 1.25. The van der Waals surface area contributed by atoms with Crippen molar-refractivity contribution in [1.29, 1.82) is 0 Å². The van der Waals surface area contributed by atoms with Crippen molar-refractivity contribution in [2.45, 2.75) is 31.8 Å². The summed E-state index contributed by atoms with van der Waals surface area (Å²) >= 11 is 5.39. The Labute approximate surface area is 122 Å². The molecule has 0 radical (unpaired) electrons. The fourth-order valence-corrected chi connectivity index (χ4v) is 2.57. The largest absolute Gasteiger partial charge is 0.493 e. The van der Waals surface area contributed by atoms with Crippen LogP contribution in [-0.2, 0) is 6.54 Å². The average Bonchev–Trinajstić information content (AvgIpc) is 3.18. The highest BCUT2D eigenvalue weighted by molar-refractivity contribution is 9.10. The van der Waals surface area contributed by atoms with E-state index < -0.39 is 0 Å². The highest BCUT2D eigenvalue weighted by Crippen LogP contribution is 2.25. The number of halogens is 1. The Morgan fingerprint density at radius 1 is 1.44 bits per heavy atom. The first kappa shape index (κ1) is 14.2. The normalized spacial score (nSPS) is 14.8. The van der Waals surface area contributed by atoms with Crippen molar-refractivity contribution in [3.05, 3.63) is 28.2 Å². The van der Waals surface area contributed by atoms with Gasteiger partial charge in [0, 0.05) is 22.6 Å². The van der Waals surface area contributed by atoms with Crippen molar-refractivity contribution < 1.29 is 4.74 Å². The summed E-state index contributed by atoms with van der Waals surface area (Å²) in [5, 5.41) is 3.54. The third-order valence-corrected chi connectivity index (χ3v) is 4.12. The zero-order chi connectivity index (χ0) is 12.8. The molecule has 18 heavy (non-hydrogen) atoms. The predicted octanol–water partition coefficient (Wildman–Crippen LogP) is 3.83. The molecule has 1 N–H and O–H groups in total. The molecule has 2 nitrogen and oxygen atoms in total. The van der Waals surface area contributed by atoms with Crippen LogP contribution in [0.3, 0.4) is 0 Å². The summed E-state index contributed by atoms with van der Waals surface area (Å²) in [6.45, 7) is 1.71. The van der Waals surface area contributed by atoms with E-state index in [2.05, 4.69) is 39.6 Å². The van der Waals surface area contributed by atoms with Crippen LogP contribution in [-0.4, -0.2) is 24.7 Å². The fourth-order valence-electron chi connectivity index (χ4n) is 1.75. The number of ether oxygens (including phenoxy) is 1. The highest BCUT2D eigenvalue weighted by atomic mass is 79.9. The second-order valence-corrected chi connectivity index (χ2v) is 6.50. The monoisotopic (exact) mass is 329 g/mol. The third kappa shape index (κ3) is 4.82. The van der Waals surface area contributed by atoms with Crippen molar-refractivity contribution in [3.8, 4) is 5.75 Å². The SMILES string of the molecule is CSCCCOc1ccc(Br)cc1CNC1CC1. The third-order valence-electron chi connectivity index (χ3n) is 2.93. The minimum Gasteiger partial charge on any atom is -0.493 e. The second kappa shape index (κ2) is 7.41. The first-order chi connectivity index (χ1) is 8.79. The van der Waals surface area contributed by atoms with Gasteiger partial charge in [0.05, 0.1) is 6.61 Å². The molecule has 1 aromatic carbocycles. The molecule has 1 aliphatic carbocycles. The van der Waals surface area contributed by atoms with E-state index in [0.29, 0.717) is 0 Å². The molecule has 0 aliphatic heterocycles. The number of hydrogen-bond donors (Lipinski definition) is 1. The summed E-state index contributed by atoms with van der Waals surface area (Å²) < 4.78 is 6.99.